The third kappa shape index (κ3) is 5.29. The van der Waals surface area contributed by atoms with E-state index in [9.17, 15) is 13.2 Å². The van der Waals surface area contributed by atoms with Crippen molar-refractivity contribution in [2.75, 3.05) is 0 Å². The second-order valence-electron chi connectivity index (χ2n) is 8.34. The molecule has 1 aliphatic carbocycles. The summed E-state index contributed by atoms with van der Waals surface area (Å²) in [5, 5.41) is 4.68. The minimum atomic E-state index is -3.90. The number of halogens is 1. The number of benzene rings is 2. The van der Waals surface area contributed by atoms with E-state index in [1.807, 2.05) is 36.5 Å². The van der Waals surface area contributed by atoms with Gasteiger partial charge in [0.25, 0.3) is 0 Å². The summed E-state index contributed by atoms with van der Waals surface area (Å²) in [5.74, 6) is -0.981. The number of nitrogens with two attached hydrogens (primary N) is 1. The summed E-state index contributed by atoms with van der Waals surface area (Å²) < 4.78 is 30.8. The predicted molar refractivity (Wildman–Crippen MR) is 127 cm³/mol. The monoisotopic (exact) mass is 486 g/mol. The van der Waals surface area contributed by atoms with Gasteiger partial charge in [0.2, 0.25) is 15.9 Å². The zero-order chi connectivity index (χ0) is 23.4. The van der Waals surface area contributed by atoms with E-state index in [0.717, 1.165) is 30.5 Å². The van der Waals surface area contributed by atoms with Gasteiger partial charge in [0.1, 0.15) is 0 Å². The number of primary amides is 1. The summed E-state index contributed by atoms with van der Waals surface area (Å²) in [7, 11) is -3.90. The molecule has 0 bridgehead atoms. The van der Waals surface area contributed by atoms with Crippen molar-refractivity contribution in [2.24, 2.45) is 11.7 Å². The Morgan fingerprint density at radius 1 is 1.06 bits per heavy atom. The molecule has 9 heteroatoms. The molecular formula is C24H27ClN4O3S. The molecule has 2 atom stereocenters. The second-order valence-corrected chi connectivity index (χ2v) is 10.7. The first-order valence-electron chi connectivity index (χ1n) is 11.0. The summed E-state index contributed by atoms with van der Waals surface area (Å²) in [6.07, 6.45) is 7.38. The average molecular weight is 487 g/mol. The molecule has 7 nitrogen and oxygen atoms in total. The number of amides is 1. The van der Waals surface area contributed by atoms with Crippen molar-refractivity contribution in [3.05, 3.63) is 77.6 Å². The van der Waals surface area contributed by atoms with Crippen LogP contribution >= 0.6 is 11.6 Å². The minimum absolute atomic E-state index is 0.138. The molecule has 2 aromatic carbocycles. The third-order valence-electron chi connectivity index (χ3n) is 6.18. The van der Waals surface area contributed by atoms with Crippen molar-refractivity contribution in [3.63, 3.8) is 0 Å². The number of nitrogens with zero attached hydrogens (tertiary/aromatic N) is 3. The topological polar surface area (TPSA) is 98.3 Å². The summed E-state index contributed by atoms with van der Waals surface area (Å²) >= 11 is 5.99. The highest BCUT2D eigenvalue weighted by molar-refractivity contribution is 7.89. The quantitative estimate of drug-likeness (QED) is 0.507. The van der Waals surface area contributed by atoms with Crippen molar-refractivity contribution in [1.29, 1.82) is 0 Å². The molecular weight excluding hydrogens is 460 g/mol. The molecule has 1 fully saturated rings. The normalized spacial score (nSPS) is 19.3. The van der Waals surface area contributed by atoms with Crippen LogP contribution in [0.3, 0.4) is 0 Å². The third-order valence-corrected chi connectivity index (χ3v) is 8.32. The van der Waals surface area contributed by atoms with Crippen LogP contribution in [0.15, 0.2) is 71.9 Å². The first-order valence-corrected chi connectivity index (χ1v) is 12.8. The van der Waals surface area contributed by atoms with E-state index in [0.29, 0.717) is 17.9 Å². The molecule has 0 unspecified atom stereocenters. The first kappa shape index (κ1) is 23.5. The molecule has 4 rings (SSSR count). The zero-order valence-corrected chi connectivity index (χ0v) is 19.8. The highest BCUT2D eigenvalue weighted by Gasteiger charge is 2.39. The molecule has 0 aliphatic heterocycles. The Labute approximate surface area is 199 Å². The maximum atomic E-state index is 13.8. The summed E-state index contributed by atoms with van der Waals surface area (Å²) in [6.45, 7) is 0.138. The fourth-order valence-electron chi connectivity index (χ4n) is 4.44. The van der Waals surface area contributed by atoms with Crippen LogP contribution in [-0.4, -0.2) is 34.5 Å². The summed E-state index contributed by atoms with van der Waals surface area (Å²) in [5.41, 5.74) is 7.44. The van der Waals surface area contributed by atoms with Gasteiger partial charge in [-0.15, -0.1) is 0 Å². The van der Waals surface area contributed by atoms with Gasteiger partial charge in [-0.3, -0.25) is 4.79 Å². The van der Waals surface area contributed by atoms with Gasteiger partial charge in [-0.1, -0.05) is 43.0 Å². The number of carbonyl (C=O) groups is 1. The summed E-state index contributed by atoms with van der Waals surface area (Å²) in [6, 6.07) is 15.0. The van der Waals surface area contributed by atoms with Crippen LogP contribution in [0.2, 0.25) is 5.02 Å². The molecule has 1 amide bonds. The van der Waals surface area contributed by atoms with Gasteiger partial charge in [0, 0.05) is 30.0 Å². The molecule has 3 aromatic rings. The number of hydrogen-bond acceptors (Lipinski definition) is 4. The van der Waals surface area contributed by atoms with Crippen molar-refractivity contribution in [1.82, 2.24) is 14.1 Å². The van der Waals surface area contributed by atoms with Crippen LogP contribution in [0.4, 0.5) is 0 Å². The highest BCUT2D eigenvalue weighted by atomic mass is 35.5. The number of aromatic nitrogens is 2. The lowest BCUT2D eigenvalue weighted by atomic mass is 9.94. The van der Waals surface area contributed by atoms with Crippen molar-refractivity contribution < 1.29 is 13.2 Å². The predicted octanol–water partition coefficient (Wildman–Crippen LogP) is 4.15. The van der Waals surface area contributed by atoms with Crippen LogP contribution in [-0.2, 0) is 21.4 Å². The molecule has 0 radical (unpaired) electrons. The average Bonchev–Trinajstić information content (AvgIpc) is 3.23. The SMILES string of the molecule is NC(=O)[C@@H]1CCCCC[C@@H]1N(Cc1ccc(-n2cccn2)cc1)S(=O)(=O)c1ccc(Cl)cc1. The van der Waals surface area contributed by atoms with Crippen LogP contribution in [0.1, 0.15) is 37.7 Å². The Balaban J connectivity index is 1.72. The van der Waals surface area contributed by atoms with Crippen LogP contribution in [0.5, 0.6) is 0 Å². The van der Waals surface area contributed by atoms with Gasteiger partial charge < -0.3 is 5.73 Å². The standard InChI is InChI=1S/C24H27ClN4O3S/c25-19-9-13-21(14-10-19)33(31,32)29(23-6-3-1-2-5-22(23)24(26)30)17-18-7-11-20(12-8-18)28-16-4-15-27-28/h4,7-16,22-23H,1-3,5-6,17H2,(H2,26,30)/t22-,23+/m1/s1. The number of sulfonamides is 1. The molecule has 1 saturated carbocycles. The van der Waals surface area contributed by atoms with E-state index in [1.165, 1.54) is 16.4 Å². The minimum Gasteiger partial charge on any atom is -0.369 e. The number of hydrogen-bond donors (Lipinski definition) is 1. The van der Waals surface area contributed by atoms with Crippen molar-refractivity contribution in [2.45, 2.75) is 49.6 Å². The van der Waals surface area contributed by atoms with Crippen molar-refractivity contribution >= 4 is 27.5 Å². The fourth-order valence-corrected chi connectivity index (χ4v) is 6.25. The van der Waals surface area contributed by atoms with Gasteiger partial charge in [0.15, 0.2) is 0 Å². The largest absolute Gasteiger partial charge is 0.369 e. The number of carbonyl (C=O) groups excluding carboxylic acids is 1. The molecule has 1 aliphatic rings. The lowest BCUT2D eigenvalue weighted by molar-refractivity contribution is -0.123. The Hall–Kier alpha value is -2.68. The van der Waals surface area contributed by atoms with Gasteiger partial charge in [-0.2, -0.15) is 9.40 Å². The van der Waals surface area contributed by atoms with E-state index in [-0.39, 0.29) is 11.4 Å². The van der Waals surface area contributed by atoms with Crippen molar-refractivity contribution in [3.8, 4) is 5.69 Å². The Kier molecular flexibility index (Phi) is 7.17. The molecule has 174 valence electrons. The maximum absolute atomic E-state index is 13.8. The van der Waals surface area contributed by atoms with Gasteiger partial charge >= 0.3 is 0 Å². The highest BCUT2D eigenvalue weighted by Crippen LogP contribution is 2.33. The Bertz CT molecular complexity index is 1180. The molecule has 0 spiro atoms. The molecule has 2 N–H and O–H groups in total. The van der Waals surface area contributed by atoms with E-state index < -0.39 is 27.9 Å². The Morgan fingerprint density at radius 3 is 2.39 bits per heavy atom. The lowest BCUT2D eigenvalue weighted by Crippen LogP contribution is -2.47. The molecule has 1 aromatic heterocycles. The van der Waals surface area contributed by atoms with E-state index in [1.54, 1.807) is 23.0 Å². The van der Waals surface area contributed by atoms with Crippen LogP contribution in [0, 0.1) is 5.92 Å². The lowest BCUT2D eigenvalue weighted by Gasteiger charge is -2.34. The van der Waals surface area contributed by atoms with Crippen LogP contribution < -0.4 is 5.73 Å². The maximum Gasteiger partial charge on any atom is 0.243 e. The summed E-state index contributed by atoms with van der Waals surface area (Å²) in [4.78, 5) is 12.5. The zero-order valence-electron chi connectivity index (χ0n) is 18.2. The van der Waals surface area contributed by atoms with Gasteiger partial charge in [-0.25, -0.2) is 13.1 Å². The van der Waals surface area contributed by atoms with E-state index in [2.05, 4.69) is 5.10 Å². The van der Waals surface area contributed by atoms with E-state index >= 15 is 0 Å². The molecule has 0 saturated heterocycles. The van der Waals surface area contributed by atoms with Gasteiger partial charge in [-0.05, 0) is 60.9 Å². The number of rotatable bonds is 7. The molecule has 33 heavy (non-hydrogen) atoms. The smallest absolute Gasteiger partial charge is 0.243 e. The van der Waals surface area contributed by atoms with E-state index in [4.69, 9.17) is 17.3 Å². The molecule has 1 heterocycles. The van der Waals surface area contributed by atoms with Gasteiger partial charge in [0.05, 0.1) is 16.5 Å². The second kappa shape index (κ2) is 10.1. The van der Waals surface area contributed by atoms with Crippen LogP contribution in [0.25, 0.3) is 5.69 Å². The Morgan fingerprint density at radius 2 is 1.76 bits per heavy atom. The fraction of sp³-hybridized carbons (Fsp3) is 0.333. The first-order chi connectivity index (χ1) is 15.9.